The van der Waals surface area contributed by atoms with Crippen LogP contribution in [-0.4, -0.2) is 33.1 Å². The second-order valence-corrected chi connectivity index (χ2v) is 10.3. The molecule has 1 aliphatic heterocycles. The van der Waals surface area contributed by atoms with Crippen molar-refractivity contribution in [3.05, 3.63) is 83.2 Å². The van der Waals surface area contributed by atoms with Gasteiger partial charge in [0.1, 0.15) is 18.0 Å². The van der Waals surface area contributed by atoms with E-state index in [4.69, 9.17) is 14.8 Å². The number of fused-ring (bicyclic) bond motifs is 1. The zero-order chi connectivity index (χ0) is 26.8. The highest BCUT2D eigenvalue weighted by molar-refractivity contribution is 5.95. The van der Waals surface area contributed by atoms with Crippen molar-refractivity contribution in [2.75, 3.05) is 0 Å². The second kappa shape index (κ2) is 10.4. The summed E-state index contributed by atoms with van der Waals surface area (Å²) in [6, 6.07) is 16.9. The van der Waals surface area contributed by atoms with E-state index in [1.165, 1.54) is 0 Å². The first-order valence-corrected chi connectivity index (χ1v) is 12.8. The maximum Gasteiger partial charge on any atom is 0.251 e. The smallest absolute Gasteiger partial charge is 0.251 e. The van der Waals surface area contributed by atoms with Crippen LogP contribution in [-0.2, 0) is 16.2 Å². The van der Waals surface area contributed by atoms with E-state index >= 15 is 0 Å². The molecule has 9 nitrogen and oxygen atoms in total. The first-order valence-electron chi connectivity index (χ1n) is 12.8. The van der Waals surface area contributed by atoms with E-state index in [1.807, 2.05) is 44.2 Å². The maximum atomic E-state index is 13.2. The normalized spacial score (nSPS) is 22.6. The standard InChI is InChI=1S/C29H32N4O5/c1-19-15-22(24-5-3-4-6-25(24)30-19)18-37-23-9-7-21(8-10-23)27(35)31-28(17-26(34)32-36)11-13-29(14-12-28)16-20(2)33-38-29/h3-10,15-16,33,36H,11-14,17-18H2,1-2H3,(H,31,35)(H,32,34). The lowest BCUT2D eigenvalue weighted by atomic mass is 9.72. The molecule has 2 amide bonds. The van der Waals surface area contributed by atoms with Gasteiger partial charge in [0.15, 0.2) is 0 Å². The zero-order valence-electron chi connectivity index (χ0n) is 21.5. The summed E-state index contributed by atoms with van der Waals surface area (Å²) in [6.07, 6.45) is 4.34. The van der Waals surface area contributed by atoms with Gasteiger partial charge in [-0.15, -0.1) is 0 Å². The fourth-order valence-corrected chi connectivity index (χ4v) is 5.42. The molecule has 0 unspecified atom stereocenters. The third-order valence-corrected chi connectivity index (χ3v) is 7.39. The Morgan fingerprint density at radius 2 is 1.82 bits per heavy atom. The fraction of sp³-hybridized carbons (Fsp3) is 0.345. The molecule has 0 radical (unpaired) electrons. The van der Waals surface area contributed by atoms with Gasteiger partial charge in [0.2, 0.25) is 5.91 Å². The SMILES string of the molecule is CC1=CC2(CCC(CC(=O)NO)(NC(=O)c3ccc(OCc4cc(C)nc5ccccc45)cc3)CC2)ON1. The van der Waals surface area contributed by atoms with E-state index in [2.05, 4.69) is 21.9 Å². The number of carbonyl (C=O) groups excluding carboxylic acids is 2. The Bertz CT molecular complexity index is 1380. The van der Waals surface area contributed by atoms with Crippen LogP contribution in [0.15, 0.2) is 66.4 Å². The molecular formula is C29H32N4O5. The van der Waals surface area contributed by atoms with Crippen LogP contribution < -0.4 is 21.0 Å². The number of amides is 2. The first-order chi connectivity index (χ1) is 18.3. The Hall–Kier alpha value is -3.95. The summed E-state index contributed by atoms with van der Waals surface area (Å²) in [5.74, 6) is -0.186. The number of benzene rings is 2. The minimum absolute atomic E-state index is 0.0258. The number of nitrogens with zero attached hydrogens (tertiary/aromatic N) is 1. The molecule has 1 saturated carbocycles. The average molecular weight is 517 g/mol. The Morgan fingerprint density at radius 3 is 2.50 bits per heavy atom. The number of hydrogen-bond donors (Lipinski definition) is 4. The highest BCUT2D eigenvalue weighted by Crippen LogP contribution is 2.42. The molecule has 38 heavy (non-hydrogen) atoms. The summed E-state index contributed by atoms with van der Waals surface area (Å²) in [6.45, 7) is 4.27. The van der Waals surface area contributed by atoms with Crippen molar-refractivity contribution >= 4 is 22.7 Å². The molecule has 1 aliphatic carbocycles. The highest BCUT2D eigenvalue weighted by atomic mass is 16.7. The molecule has 2 heterocycles. The molecule has 1 spiro atoms. The van der Waals surface area contributed by atoms with Crippen LogP contribution in [0.1, 0.15) is 60.6 Å². The summed E-state index contributed by atoms with van der Waals surface area (Å²) in [7, 11) is 0. The summed E-state index contributed by atoms with van der Waals surface area (Å²) in [4.78, 5) is 35.7. The minimum atomic E-state index is -0.793. The van der Waals surface area contributed by atoms with Crippen LogP contribution in [0.3, 0.4) is 0 Å². The van der Waals surface area contributed by atoms with Crippen LogP contribution in [0, 0.1) is 6.92 Å². The number of ether oxygens (including phenoxy) is 1. The van der Waals surface area contributed by atoms with E-state index in [1.54, 1.807) is 29.7 Å². The molecule has 4 N–H and O–H groups in total. The molecule has 5 rings (SSSR count). The van der Waals surface area contributed by atoms with E-state index in [0.29, 0.717) is 43.6 Å². The molecule has 0 atom stereocenters. The Kier molecular flexibility index (Phi) is 7.05. The minimum Gasteiger partial charge on any atom is -0.489 e. The summed E-state index contributed by atoms with van der Waals surface area (Å²) in [5, 5.41) is 13.3. The number of hydrogen-bond acceptors (Lipinski definition) is 7. The van der Waals surface area contributed by atoms with Crippen molar-refractivity contribution in [1.82, 2.24) is 21.3 Å². The Morgan fingerprint density at radius 1 is 1.08 bits per heavy atom. The van der Waals surface area contributed by atoms with Crippen LogP contribution in [0.2, 0.25) is 0 Å². The van der Waals surface area contributed by atoms with Crippen molar-refractivity contribution in [3.8, 4) is 5.75 Å². The number of nitrogens with one attached hydrogen (secondary N) is 3. The number of allylic oxidation sites excluding steroid dienone is 1. The number of hydroxylamine groups is 2. The highest BCUT2D eigenvalue weighted by Gasteiger charge is 2.46. The molecule has 0 saturated heterocycles. The topological polar surface area (TPSA) is 122 Å². The van der Waals surface area contributed by atoms with Gasteiger partial charge < -0.3 is 10.1 Å². The molecule has 0 bridgehead atoms. The van der Waals surface area contributed by atoms with Gasteiger partial charge in [-0.1, -0.05) is 18.2 Å². The van der Waals surface area contributed by atoms with Crippen LogP contribution >= 0.6 is 0 Å². The largest absolute Gasteiger partial charge is 0.489 e. The lowest BCUT2D eigenvalue weighted by Gasteiger charge is -2.43. The van der Waals surface area contributed by atoms with E-state index < -0.39 is 17.0 Å². The van der Waals surface area contributed by atoms with E-state index in [0.717, 1.165) is 27.9 Å². The van der Waals surface area contributed by atoms with E-state index in [-0.39, 0.29) is 12.3 Å². The predicted octanol–water partition coefficient (Wildman–Crippen LogP) is 4.24. The fourth-order valence-electron chi connectivity index (χ4n) is 5.42. The van der Waals surface area contributed by atoms with Gasteiger partial charge in [0.05, 0.1) is 11.9 Å². The van der Waals surface area contributed by atoms with Crippen LogP contribution in [0.5, 0.6) is 5.75 Å². The number of rotatable bonds is 7. The quantitative estimate of drug-likeness (QED) is 0.274. The molecular weight excluding hydrogens is 484 g/mol. The maximum absolute atomic E-state index is 13.2. The number of para-hydroxylation sites is 1. The number of pyridine rings is 1. The van der Waals surface area contributed by atoms with Gasteiger partial charge in [-0.2, -0.15) is 0 Å². The molecule has 3 aromatic rings. The lowest BCUT2D eigenvalue weighted by Crippen LogP contribution is -2.55. The number of aromatic nitrogens is 1. The summed E-state index contributed by atoms with van der Waals surface area (Å²) in [5.41, 5.74) is 7.67. The van der Waals surface area contributed by atoms with Gasteiger partial charge in [-0.25, -0.2) is 5.48 Å². The van der Waals surface area contributed by atoms with E-state index in [9.17, 15) is 9.59 Å². The van der Waals surface area contributed by atoms with Gasteiger partial charge in [-0.05, 0) is 82.0 Å². The predicted molar refractivity (Wildman–Crippen MR) is 141 cm³/mol. The summed E-state index contributed by atoms with van der Waals surface area (Å²) >= 11 is 0. The average Bonchev–Trinajstić information content (AvgIpc) is 3.29. The third kappa shape index (κ3) is 5.49. The Labute approximate surface area is 221 Å². The number of aryl methyl sites for hydroxylation is 1. The van der Waals surface area contributed by atoms with Crippen molar-refractivity contribution in [1.29, 1.82) is 0 Å². The van der Waals surface area contributed by atoms with Gasteiger partial charge in [0.25, 0.3) is 5.91 Å². The second-order valence-electron chi connectivity index (χ2n) is 10.3. The molecule has 2 aromatic carbocycles. The third-order valence-electron chi connectivity index (χ3n) is 7.39. The molecule has 9 heteroatoms. The molecule has 1 aromatic heterocycles. The lowest BCUT2D eigenvalue weighted by molar-refractivity contribution is -0.132. The van der Waals surface area contributed by atoms with Crippen molar-refractivity contribution in [3.63, 3.8) is 0 Å². The monoisotopic (exact) mass is 516 g/mol. The molecule has 2 aliphatic rings. The van der Waals surface area contributed by atoms with Crippen LogP contribution in [0.4, 0.5) is 0 Å². The molecule has 198 valence electrons. The van der Waals surface area contributed by atoms with Crippen molar-refractivity contribution in [2.24, 2.45) is 0 Å². The van der Waals surface area contributed by atoms with Crippen LogP contribution in [0.25, 0.3) is 10.9 Å². The summed E-state index contributed by atoms with van der Waals surface area (Å²) < 4.78 is 6.02. The van der Waals surface area contributed by atoms with Crippen molar-refractivity contribution < 1.29 is 24.4 Å². The van der Waals surface area contributed by atoms with Crippen molar-refractivity contribution in [2.45, 2.75) is 63.7 Å². The Balaban J connectivity index is 1.25. The van der Waals surface area contributed by atoms with Gasteiger partial charge in [0, 0.05) is 33.4 Å². The van der Waals surface area contributed by atoms with Gasteiger partial charge in [-0.3, -0.25) is 30.1 Å². The number of carbonyl (C=O) groups is 2. The first kappa shape index (κ1) is 25.7. The molecule has 1 fully saturated rings. The zero-order valence-corrected chi connectivity index (χ0v) is 21.5. The van der Waals surface area contributed by atoms with Gasteiger partial charge >= 0.3 is 0 Å².